The predicted molar refractivity (Wildman–Crippen MR) is 96.0 cm³/mol. The van der Waals surface area contributed by atoms with Crippen molar-refractivity contribution >= 4 is 17.7 Å². The van der Waals surface area contributed by atoms with Crippen LogP contribution in [0.5, 0.6) is 0 Å². The summed E-state index contributed by atoms with van der Waals surface area (Å²) < 4.78 is 2.19. The van der Waals surface area contributed by atoms with Crippen molar-refractivity contribution in [1.82, 2.24) is 20.1 Å². The van der Waals surface area contributed by atoms with Crippen molar-refractivity contribution in [2.45, 2.75) is 57.0 Å². The molecule has 0 spiro atoms. The van der Waals surface area contributed by atoms with E-state index < -0.39 is 0 Å². The molecule has 0 bridgehead atoms. The van der Waals surface area contributed by atoms with Crippen LogP contribution in [-0.4, -0.2) is 26.4 Å². The predicted octanol–water partition coefficient (Wildman–Crippen LogP) is 3.28. The van der Waals surface area contributed by atoms with Gasteiger partial charge in [0.1, 0.15) is 5.82 Å². The van der Waals surface area contributed by atoms with Crippen LogP contribution in [0.3, 0.4) is 0 Å². The van der Waals surface area contributed by atoms with Gasteiger partial charge in [-0.05, 0) is 38.3 Å². The monoisotopic (exact) mass is 344 g/mol. The zero-order valence-electron chi connectivity index (χ0n) is 14.3. The number of fused-ring (bicyclic) bond motifs is 1. The molecule has 2 heterocycles. The van der Waals surface area contributed by atoms with Crippen molar-refractivity contribution in [1.29, 1.82) is 0 Å². The van der Waals surface area contributed by atoms with E-state index in [1.165, 1.54) is 18.4 Å². The van der Waals surface area contributed by atoms with E-state index in [1.807, 2.05) is 19.1 Å². The average Bonchev–Trinajstić information content (AvgIpc) is 2.83. The molecule has 1 aliphatic heterocycles. The first-order chi connectivity index (χ1) is 11.6. The summed E-state index contributed by atoms with van der Waals surface area (Å²) in [6.07, 6.45) is 4.54. The molecule has 1 aliphatic rings. The molecule has 5 nitrogen and oxygen atoms in total. The SMILES string of the molecule is Cc1ccccc1SCC(=O)N[C@H](C)c1nnc2n1CCCCC2. The Morgan fingerprint density at radius 3 is 2.96 bits per heavy atom. The number of aryl methyl sites for hydroxylation is 2. The minimum atomic E-state index is -0.116. The fourth-order valence-corrected chi connectivity index (χ4v) is 3.88. The van der Waals surface area contributed by atoms with Gasteiger partial charge in [0.05, 0.1) is 11.8 Å². The van der Waals surface area contributed by atoms with E-state index in [-0.39, 0.29) is 11.9 Å². The molecular weight excluding hydrogens is 320 g/mol. The molecule has 0 fully saturated rings. The molecule has 0 radical (unpaired) electrons. The standard InChI is InChI=1S/C18H24N4OS/c1-13-8-5-6-9-15(13)24-12-17(23)19-14(2)18-21-20-16-10-4-3-7-11-22(16)18/h5-6,8-9,14H,3-4,7,10-12H2,1-2H3,(H,19,23)/t14-/m1/s1. The number of hydrogen-bond donors (Lipinski definition) is 1. The first kappa shape index (κ1) is 17.0. The lowest BCUT2D eigenvalue weighted by Crippen LogP contribution is -2.30. The van der Waals surface area contributed by atoms with Crippen LogP contribution in [0.4, 0.5) is 0 Å². The second-order valence-electron chi connectivity index (χ2n) is 6.28. The van der Waals surface area contributed by atoms with Crippen LogP contribution < -0.4 is 5.32 Å². The third-order valence-electron chi connectivity index (χ3n) is 4.36. The lowest BCUT2D eigenvalue weighted by molar-refractivity contribution is -0.119. The summed E-state index contributed by atoms with van der Waals surface area (Å²) in [5.41, 5.74) is 1.20. The molecule has 3 rings (SSSR count). The molecule has 128 valence electrons. The summed E-state index contributed by atoms with van der Waals surface area (Å²) in [5.74, 6) is 2.37. The smallest absolute Gasteiger partial charge is 0.230 e. The van der Waals surface area contributed by atoms with Crippen LogP contribution >= 0.6 is 11.8 Å². The zero-order valence-corrected chi connectivity index (χ0v) is 15.1. The van der Waals surface area contributed by atoms with Gasteiger partial charge < -0.3 is 9.88 Å². The lowest BCUT2D eigenvalue weighted by atomic mass is 10.2. The first-order valence-corrected chi connectivity index (χ1v) is 9.53. The van der Waals surface area contributed by atoms with Crippen LogP contribution in [0.1, 0.15) is 49.4 Å². The fourth-order valence-electron chi connectivity index (χ4n) is 3.04. The van der Waals surface area contributed by atoms with Gasteiger partial charge in [-0.15, -0.1) is 22.0 Å². The van der Waals surface area contributed by atoms with Crippen LogP contribution in [0.2, 0.25) is 0 Å². The number of benzene rings is 1. The van der Waals surface area contributed by atoms with Crippen LogP contribution in [-0.2, 0) is 17.8 Å². The highest BCUT2D eigenvalue weighted by Gasteiger charge is 2.20. The first-order valence-electron chi connectivity index (χ1n) is 8.55. The quantitative estimate of drug-likeness (QED) is 0.846. The molecule has 0 saturated carbocycles. The summed E-state index contributed by atoms with van der Waals surface area (Å²) in [6, 6.07) is 8.01. The van der Waals surface area contributed by atoms with Gasteiger partial charge >= 0.3 is 0 Å². The van der Waals surface area contributed by atoms with Gasteiger partial charge in [0, 0.05) is 17.9 Å². The Balaban J connectivity index is 1.58. The number of thioether (sulfide) groups is 1. The topological polar surface area (TPSA) is 59.8 Å². The maximum absolute atomic E-state index is 12.3. The molecule has 1 atom stereocenters. The van der Waals surface area contributed by atoms with Crippen molar-refractivity contribution in [3.63, 3.8) is 0 Å². The molecule has 1 amide bonds. The third-order valence-corrected chi connectivity index (χ3v) is 5.53. The minimum absolute atomic E-state index is 0.0294. The number of carbonyl (C=O) groups excluding carboxylic acids is 1. The largest absolute Gasteiger partial charge is 0.346 e. The highest BCUT2D eigenvalue weighted by Crippen LogP contribution is 2.22. The molecule has 6 heteroatoms. The normalized spacial score (nSPS) is 15.4. The van der Waals surface area contributed by atoms with Crippen LogP contribution in [0.25, 0.3) is 0 Å². The van der Waals surface area contributed by atoms with Gasteiger partial charge in [-0.2, -0.15) is 0 Å². The molecule has 2 aromatic rings. The Kier molecular flexibility index (Phi) is 5.56. The van der Waals surface area contributed by atoms with E-state index >= 15 is 0 Å². The van der Waals surface area contributed by atoms with Crippen molar-refractivity contribution in [3.8, 4) is 0 Å². The second-order valence-corrected chi connectivity index (χ2v) is 7.30. The Morgan fingerprint density at radius 1 is 1.29 bits per heavy atom. The molecule has 1 N–H and O–H groups in total. The Labute approximate surface area is 147 Å². The second kappa shape index (κ2) is 7.83. The van der Waals surface area contributed by atoms with Gasteiger partial charge in [-0.3, -0.25) is 4.79 Å². The highest BCUT2D eigenvalue weighted by atomic mass is 32.2. The molecule has 0 saturated heterocycles. The van der Waals surface area contributed by atoms with E-state index in [9.17, 15) is 4.79 Å². The zero-order chi connectivity index (χ0) is 16.9. The molecule has 1 aromatic heterocycles. The van der Waals surface area contributed by atoms with Gasteiger partial charge in [-0.1, -0.05) is 24.6 Å². The lowest BCUT2D eigenvalue weighted by Gasteiger charge is -2.15. The maximum atomic E-state index is 12.3. The van der Waals surface area contributed by atoms with Crippen LogP contribution in [0, 0.1) is 6.92 Å². The number of rotatable bonds is 5. The van der Waals surface area contributed by atoms with E-state index in [0.717, 1.165) is 35.9 Å². The molecule has 24 heavy (non-hydrogen) atoms. The number of carbonyl (C=O) groups is 1. The van der Waals surface area contributed by atoms with Crippen molar-refractivity contribution in [2.75, 3.05) is 5.75 Å². The number of amides is 1. The molecular formula is C18H24N4OS. The van der Waals surface area contributed by atoms with E-state index in [2.05, 4.69) is 39.1 Å². The fraction of sp³-hybridized carbons (Fsp3) is 0.500. The summed E-state index contributed by atoms with van der Waals surface area (Å²) in [4.78, 5) is 13.4. The number of aromatic nitrogens is 3. The summed E-state index contributed by atoms with van der Waals surface area (Å²) in [7, 11) is 0. The molecule has 1 aromatic carbocycles. The number of nitrogens with one attached hydrogen (secondary N) is 1. The Bertz CT molecular complexity index is 713. The van der Waals surface area contributed by atoms with E-state index in [0.29, 0.717) is 5.75 Å². The number of nitrogens with zero attached hydrogens (tertiary/aromatic N) is 3. The van der Waals surface area contributed by atoms with E-state index in [1.54, 1.807) is 11.8 Å². The van der Waals surface area contributed by atoms with Crippen LogP contribution in [0.15, 0.2) is 29.2 Å². The van der Waals surface area contributed by atoms with Gasteiger partial charge in [0.15, 0.2) is 5.82 Å². The maximum Gasteiger partial charge on any atom is 0.230 e. The average molecular weight is 344 g/mol. The highest BCUT2D eigenvalue weighted by molar-refractivity contribution is 8.00. The van der Waals surface area contributed by atoms with E-state index in [4.69, 9.17) is 0 Å². The Morgan fingerprint density at radius 2 is 2.12 bits per heavy atom. The number of hydrogen-bond acceptors (Lipinski definition) is 4. The summed E-state index contributed by atoms with van der Waals surface area (Å²) >= 11 is 1.57. The Hall–Kier alpha value is -1.82. The van der Waals surface area contributed by atoms with Gasteiger partial charge in [-0.25, -0.2) is 0 Å². The molecule has 0 unspecified atom stereocenters. The van der Waals surface area contributed by atoms with Gasteiger partial charge in [0.25, 0.3) is 0 Å². The third kappa shape index (κ3) is 3.98. The van der Waals surface area contributed by atoms with Gasteiger partial charge in [0.2, 0.25) is 5.91 Å². The summed E-state index contributed by atoms with van der Waals surface area (Å²) in [6.45, 7) is 5.00. The minimum Gasteiger partial charge on any atom is -0.346 e. The van der Waals surface area contributed by atoms with Crippen molar-refractivity contribution in [3.05, 3.63) is 41.5 Å². The van der Waals surface area contributed by atoms with Crippen molar-refractivity contribution in [2.24, 2.45) is 0 Å². The summed E-state index contributed by atoms with van der Waals surface area (Å²) in [5, 5.41) is 11.7. The van der Waals surface area contributed by atoms with Crippen molar-refractivity contribution < 1.29 is 4.79 Å². The molecule has 0 aliphatic carbocycles.